The van der Waals surface area contributed by atoms with E-state index in [1.165, 1.54) is 6.42 Å². The van der Waals surface area contributed by atoms with Crippen LogP contribution in [0, 0.1) is 5.92 Å². The fourth-order valence-electron chi connectivity index (χ4n) is 2.18. The summed E-state index contributed by atoms with van der Waals surface area (Å²) < 4.78 is 0. The second-order valence-corrected chi connectivity index (χ2v) is 4.72. The Hall–Kier alpha value is -1.55. The first-order chi connectivity index (χ1) is 8.84. The Morgan fingerprint density at radius 1 is 1.33 bits per heavy atom. The van der Waals surface area contributed by atoms with Crippen LogP contribution in [0.4, 0.5) is 5.69 Å². The first kappa shape index (κ1) is 12.9. The second-order valence-electron chi connectivity index (χ2n) is 4.72. The van der Waals surface area contributed by atoms with E-state index in [1.54, 1.807) is 0 Å². The Kier molecular flexibility index (Phi) is 5.02. The van der Waals surface area contributed by atoms with Crippen molar-refractivity contribution in [2.24, 2.45) is 5.92 Å². The average Bonchev–Trinajstić information content (AvgIpc) is 2.91. The summed E-state index contributed by atoms with van der Waals surface area (Å²) in [4.78, 5) is 11.6. The molecule has 1 fully saturated rings. The highest BCUT2D eigenvalue weighted by atomic mass is 16.1. The van der Waals surface area contributed by atoms with E-state index in [-0.39, 0.29) is 5.91 Å². The molecule has 2 rings (SSSR count). The lowest BCUT2D eigenvalue weighted by Crippen LogP contribution is -2.31. The number of hydrogen-bond donors (Lipinski definition) is 3. The molecule has 1 saturated heterocycles. The van der Waals surface area contributed by atoms with Crippen LogP contribution >= 0.6 is 0 Å². The van der Waals surface area contributed by atoms with Gasteiger partial charge in [-0.1, -0.05) is 18.2 Å². The standard InChI is InChI=1S/C14H21N3O/c18-14(11-17-13-4-2-1-3-5-13)16-9-7-12-6-8-15-10-12/h1-5,12,15,17H,6-11H2,(H,16,18). The first-order valence-corrected chi connectivity index (χ1v) is 6.61. The third-order valence-electron chi connectivity index (χ3n) is 3.26. The smallest absolute Gasteiger partial charge is 0.239 e. The van der Waals surface area contributed by atoms with E-state index < -0.39 is 0 Å². The van der Waals surface area contributed by atoms with E-state index in [4.69, 9.17) is 0 Å². The number of carbonyl (C=O) groups is 1. The number of amides is 1. The number of hydrogen-bond acceptors (Lipinski definition) is 3. The van der Waals surface area contributed by atoms with Crippen molar-refractivity contribution in [3.63, 3.8) is 0 Å². The van der Waals surface area contributed by atoms with Crippen molar-refractivity contribution in [2.45, 2.75) is 12.8 Å². The third-order valence-corrected chi connectivity index (χ3v) is 3.26. The van der Waals surface area contributed by atoms with Gasteiger partial charge in [0.25, 0.3) is 0 Å². The van der Waals surface area contributed by atoms with Gasteiger partial charge in [0.15, 0.2) is 0 Å². The van der Waals surface area contributed by atoms with E-state index in [0.717, 1.165) is 37.7 Å². The Labute approximate surface area is 108 Å². The molecule has 1 heterocycles. The number of benzene rings is 1. The molecule has 4 nitrogen and oxygen atoms in total. The van der Waals surface area contributed by atoms with E-state index in [0.29, 0.717) is 6.54 Å². The lowest BCUT2D eigenvalue weighted by molar-refractivity contribution is -0.119. The summed E-state index contributed by atoms with van der Waals surface area (Å²) in [6.07, 6.45) is 2.31. The average molecular weight is 247 g/mol. The Balaban J connectivity index is 1.57. The van der Waals surface area contributed by atoms with Crippen LogP contribution in [0.2, 0.25) is 0 Å². The Morgan fingerprint density at radius 2 is 2.17 bits per heavy atom. The van der Waals surface area contributed by atoms with Crippen LogP contribution in [-0.4, -0.2) is 32.1 Å². The van der Waals surface area contributed by atoms with Gasteiger partial charge in [-0.2, -0.15) is 0 Å². The topological polar surface area (TPSA) is 53.2 Å². The van der Waals surface area contributed by atoms with Gasteiger partial charge in [-0.05, 0) is 44.0 Å². The Morgan fingerprint density at radius 3 is 2.89 bits per heavy atom. The van der Waals surface area contributed by atoms with E-state index in [2.05, 4.69) is 16.0 Å². The molecule has 18 heavy (non-hydrogen) atoms. The predicted octanol–water partition coefficient (Wildman–Crippen LogP) is 1.21. The summed E-state index contributed by atoms with van der Waals surface area (Å²) in [5, 5.41) is 9.38. The summed E-state index contributed by atoms with van der Waals surface area (Å²) >= 11 is 0. The highest BCUT2D eigenvalue weighted by Crippen LogP contribution is 2.10. The maximum atomic E-state index is 11.6. The van der Waals surface area contributed by atoms with Gasteiger partial charge in [-0.25, -0.2) is 0 Å². The molecule has 0 bridgehead atoms. The molecule has 1 aromatic carbocycles. The molecule has 1 unspecified atom stereocenters. The number of rotatable bonds is 6. The summed E-state index contributed by atoms with van der Waals surface area (Å²) in [6.45, 7) is 3.33. The molecule has 1 atom stereocenters. The molecular formula is C14H21N3O. The molecule has 0 aliphatic carbocycles. The van der Waals surface area contributed by atoms with Crippen molar-refractivity contribution in [1.29, 1.82) is 0 Å². The SMILES string of the molecule is O=C(CNc1ccccc1)NCCC1CCNC1. The molecule has 98 valence electrons. The first-order valence-electron chi connectivity index (χ1n) is 6.61. The van der Waals surface area contributed by atoms with E-state index in [9.17, 15) is 4.79 Å². The number of carbonyl (C=O) groups excluding carboxylic acids is 1. The van der Waals surface area contributed by atoms with Crippen molar-refractivity contribution in [1.82, 2.24) is 10.6 Å². The number of para-hydroxylation sites is 1. The van der Waals surface area contributed by atoms with Gasteiger partial charge < -0.3 is 16.0 Å². The van der Waals surface area contributed by atoms with Crippen LogP contribution in [0.5, 0.6) is 0 Å². The van der Waals surface area contributed by atoms with Crippen molar-refractivity contribution in [3.8, 4) is 0 Å². The van der Waals surface area contributed by atoms with Gasteiger partial charge in [0, 0.05) is 12.2 Å². The lowest BCUT2D eigenvalue weighted by Gasteiger charge is -2.10. The fourth-order valence-corrected chi connectivity index (χ4v) is 2.18. The maximum absolute atomic E-state index is 11.6. The van der Waals surface area contributed by atoms with E-state index >= 15 is 0 Å². The minimum absolute atomic E-state index is 0.0600. The molecule has 0 saturated carbocycles. The monoisotopic (exact) mass is 247 g/mol. The van der Waals surface area contributed by atoms with Gasteiger partial charge in [0.1, 0.15) is 0 Å². The molecule has 0 aromatic heterocycles. The van der Waals surface area contributed by atoms with Crippen molar-refractivity contribution in [2.75, 3.05) is 31.5 Å². The molecule has 0 spiro atoms. The summed E-state index contributed by atoms with van der Waals surface area (Å²) in [5.74, 6) is 0.789. The van der Waals surface area contributed by atoms with Gasteiger partial charge in [-0.15, -0.1) is 0 Å². The molecule has 1 aliphatic rings. The molecule has 3 N–H and O–H groups in total. The second kappa shape index (κ2) is 7.01. The van der Waals surface area contributed by atoms with Gasteiger partial charge >= 0.3 is 0 Å². The zero-order valence-corrected chi connectivity index (χ0v) is 10.6. The van der Waals surface area contributed by atoms with Gasteiger partial charge in [0.05, 0.1) is 6.54 Å². The van der Waals surface area contributed by atoms with Gasteiger partial charge in [-0.3, -0.25) is 4.79 Å². The normalized spacial score (nSPS) is 18.6. The summed E-state index contributed by atoms with van der Waals surface area (Å²) in [7, 11) is 0. The maximum Gasteiger partial charge on any atom is 0.239 e. The molecule has 4 heteroatoms. The zero-order chi connectivity index (χ0) is 12.6. The third kappa shape index (κ3) is 4.37. The molecular weight excluding hydrogens is 226 g/mol. The minimum Gasteiger partial charge on any atom is -0.376 e. The van der Waals surface area contributed by atoms with Crippen LogP contribution in [-0.2, 0) is 4.79 Å². The highest BCUT2D eigenvalue weighted by Gasteiger charge is 2.13. The van der Waals surface area contributed by atoms with Crippen LogP contribution in [0.25, 0.3) is 0 Å². The Bertz CT molecular complexity index is 361. The summed E-state index contributed by atoms with van der Waals surface area (Å²) in [6, 6.07) is 9.77. The lowest BCUT2D eigenvalue weighted by atomic mass is 10.1. The molecule has 1 aliphatic heterocycles. The number of anilines is 1. The van der Waals surface area contributed by atoms with Gasteiger partial charge in [0.2, 0.25) is 5.91 Å². The van der Waals surface area contributed by atoms with E-state index in [1.807, 2.05) is 30.3 Å². The van der Waals surface area contributed by atoms with Crippen LogP contribution < -0.4 is 16.0 Å². The summed E-state index contributed by atoms with van der Waals surface area (Å²) in [5.41, 5.74) is 0.979. The van der Waals surface area contributed by atoms with Crippen molar-refractivity contribution >= 4 is 11.6 Å². The minimum atomic E-state index is 0.0600. The van der Waals surface area contributed by atoms with Crippen LogP contribution in [0.15, 0.2) is 30.3 Å². The highest BCUT2D eigenvalue weighted by molar-refractivity contribution is 5.80. The van der Waals surface area contributed by atoms with Crippen molar-refractivity contribution < 1.29 is 4.79 Å². The molecule has 1 aromatic rings. The predicted molar refractivity (Wildman–Crippen MR) is 73.5 cm³/mol. The quantitative estimate of drug-likeness (QED) is 0.708. The molecule has 1 amide bonds. The fraction of sp³-hybridized carbons (Fsp3) is 0.500. The van der Waals surface area contributed by atoms with Crippen molar-refractivity contribution in [3.05, 3.63) is 30.3 Å². The van der Waals surface area contributed by atoms with Crippen LogP contribution in [0.3, 0.4) is 0 Å². The molecule has 0 radical (unpaired) electrons. The number of nitrogens with one attached hydrogen (secondary N) is 3. The largest absolute Gasteiger partial charge is 0.376 e. The van der Waals surface area contributed by atoms with Crippen LogP contribution in [0.1, 0.15) is 12.8 Å². The zero-order valence-electron chi connectivity index (χ0n) is 10.6.